The summed E-state index contributed by atoms with van der Waals surface area (Å²) in [4.78, 5) is 13.4. The fourth-order valence-corrected chi connectivity index (χ4v) is 2.10. The van der Waals surface area contributed by atoms with Crippen molar-refractivity contribution >= 4 is 11.7 Å². The van der Waals surface area contributed by atoms with E-state index in [4.69, 9.17) is 4.74 Å². The van der Waals surface area contributed by atoms with E-state index in [-0.39, 0.29) is 0 Å². The fraction of sp³-hybridized carbons (Fsp3) is 0.533. The van der Waals surface area contributed by atoms with Crippen molar-refractivity contribution in [3.63, 3.8) is 0 Å². The third-order valence-corrected chi connectivity index (χ3v) is 3.29. The highest BCUT2D eigenvalue weighted by atomic mass is 16.5. The molecule has 1 aromatic carbocycles. The Kier molecular flexibility index (Phi) is 5.82. The van der Waals surface area contributed by atoms with Crippen LogP contribution in [0.3, 0.4) is 0 Å². The van der Waals surface area contributed by atoms with E-state index in [1.54, 1.807) is 14.0 Å². The molecule has 20 heavy (non-hydrogen) atoms. The molecule has 0 saturated carbocycles. The fourth-order valence-electron chi connectivity index (χ4n) is 2.10. The standard InChI is InChI=1S/C15H24N2O3/c1-5-10-16-15(2,14(18)19)11-17(3)12-8-6-7-9-13(12)20-4/h6-9,16H,5,10-11H2,1-4H3,(H,18,19). The second-order valence-electron chi connectivity index (χ2n) is 5.09. The Morgan fingerprint density at radius 1 is 1.45 bits per heavy atom. The van der Waals surface area contributed by atoms with Gasteiger partial charge in [0.25, 0.3) is 0 Å². The maximum atomic E-state index is 11.5. The van der Waals surface area contributed by atoms with Crippen molar-refractivity contribution in [2.75, 3.05) is 32.1 Å². The normalized spacial score (nSPS) is 13.6. The minimum atomic E-state index is -0.994. The van der Waals surface area contributed by atoms with Gasteiger partial charge in [0.1, 0.15) is 11.3 Å². The Morgan fingerprint density at radius 3 is 2.65 bits per heavy atom. The molecule has 1 unspecified atom stereocenters. The van der Waals surface area contributed by atoms with Crippen LogP contribution in [-0.4, -0.2) is 43.9 Å². The summed E-state index contributed by atoms with van der Waals surface area (Å²) < 4.78 is 5.31. The van der Waals surface area contributed by atoms with Crippen LogP contribution in [0.1, 0.15) is 20.3 Å². The first-order valence-electron chi connectivity index (χ1n) is 6.77. The van der Waals surface area contributed by atoms with Gasteiger partial charge in [-0.05, 0) is 32.0 Å². The molecule has 2 N–H and O–H groups in total. The van der Waals surface area contributed by atoms with Crippen LogP contribution in [0.15, 0.2) is 24.3 Å². The zero-order valence-electron chi connectivity index (χ0n) is 12.6. The molecule has 0 aliphatic carbocycles. The summed E-state index contributed by atoms with van der Waals surface area (Å²) in [7, 11) is 3.48. The first-order valence-corrected chi connectivity index (χ1v) is 6.77. The Bertz CT molecular complexity index is 450. The van der Waals surface area contributed by atoms with Crippen LogP contribution < -0.4 is 15.0 Å². The maximum Gasteiger partial charge on any atom is 0.325 e. The molecule has 5 nitrogen and oxygen atoms in total. The molecule has 0 aliphatic rings. The number of nitrogens with one attached hydrogen (secondary N) is 1. The summed E-state index contributed by atoms with van der Waals surface area (Å²) >= 11 is 0. The van der Waals surface area contributed by atoms with E-state index in [1.165, 1.54) is 0 Å². The largest absolute Gasteiger partial charge is 0.495 e. The number of nitrogens with zero attached hydrogens (tertiary/aromatic N) is 1. The number of carboxylic acid groups (broad SMARTS) is 1. The van der Waals surface area contributed by atoms with E-state index in [2.05, 4.69) is 5.32 Å². The number of benzene rings is 1. The highest BCUT2D eigenvalue weighted by molar-refractivity contribution is 5.79. The molecular weight excluding hydrogens is 256 g/mol. The third kappa shape index (κ3) is 3.87. The van der Waals surface area contributed by atoms with Gasteiger partial charge in [-0.15, -0.1) is 0 Å². The molecule has 0 radical (unpaired) electrons. The Morgan fingerprint density at radius 2 is 2.10 bits per heavy atom. The lowest BCUT2D eigenvalue weighted by atomic mass is 10.0. The smallest absolute Gasteiger partial charge is 0.325 e. The first kappa shape index (κ1) is 16.3. The van der Waals surface area contributed by atoms with Crippen LogP contribution in [0.25, 0.3) is 0 Å². The monoisotopic (exact) mass is 280 g/mol. The van der Waals surface area contributed by atoms with Crippen molar-refractivity contribution in [2.45, 2.75) is 25.8 Å². The number of para-hydroxylation sites is 2. The summed E-state index contributed by atoms with van der Waals surface area (Å²) in [6.45, 7) is 4.74. The molecule has 0 saturated heterocycles. The number of carboxylic acids is 1. The zero-order valence-corrected chi connectivity index (χ0v) is 12.6. The summed E-state index contributed by atoms with van der Waals surface area (Å²) in [5.41, 5.74) is -0.119. The van der Waals surface area contributed by atoms with E-state index >= 15 is 0 Å². The van der Waals surface area contributed by atoms with Crippen molar-refractivity contribution in [1.29, 1.82) is 0 Å². The molecule has 5 heteroatoms. The molecule has 0 heterocycles. The molecule has 1 rings (SSSR count). The molecule has 0 spiro atoms. The minimum absolute atomic E-state index is 0.350. The molecule has 0 fully saturated rings. The number of methoxy groups -OCH3 is 1. The summed E-state index contributed by atoms with van der Waals surface area (Å²) in [6.07, 6.45) is 0.890. The van der Waals surface area contributed by atoms with E-state index in [9.17, 15) is 9.90 Å². The number of carbonyl (C=O) groups is 1. The van der Waals surface area contributed by atoms with Gasteiger partial charge in [0.05, 0.1) is 12.8 Å². The molecule has 1 atom stereocenters. The number of hydrogen-bond donors (Lipinski definition) is 2. The van der Waals surface area contributed by atoms with Crippen LogP contribution in [0.5, 0.6) is 5.75 Å². The number of likely N-dealkylation sites (N-methyl/N-ethyl adjacent to an activating group) is 1. The number of anilines is 1. The second-order valence-corrected chi connectivity index (χ2v) is 5.09. The first-order chi connectivity index (χ1) is 9.44. The van der Waals surface area contributed by atoms with Gasteiger partial charge in [0.15, 0.2) is 0 Å². The maximum absolute atomic E-state index is 11.5. The number of ether oxygens (including phenoxy) is 1. The van der Waals surface area contributed by atoms with E-state index in [1.807, 2.05) is 43.1 Å². The summed E-state index contributed by atoms with van der Waals surface area (Å²) in [6, 6.07) is 7.58. The van der Waals surface area contributed by atoms with Crippen LogP contribution >= 0.6 is 0 Å². The predicted molar refractivity (Wildman–Crippen MR) is 80.6 cm³/mol. The van der Waals surface area contributed by atoms with Gasteiger partial charge in [0.2, 0.25) is 0 Å². The molecule has 112 valence electrons. The zero-order chi connectivity index (χ0) is 15.2. The van der Waals surface area contributed by atoms with Crippen molar-refractivity contribution in [3.8, 4) is 5.75 Å². The van der Waals surface area contributed by atoms with E-state index in [0.717, 1.165) is 17.9 Å². The van der Waals surface area contributed by atoms with Gasteiger partial charge >= 0.3 is 5.97 Å². The molecule has 0 aromatic heterocycles. The average Bonchev–Trinajstić information content (AvgIpc) is 2.44. The van der Waals surface area contributed by atoms with Gasteiger partial charge in [-0.25, -0.2) is 0 Å². The third-order valence-electron chi connectivity index (χ3n) is 3.29. The second kappa shape index (κ2) is 7.14. The highest BCUT2D eigenvalue weighted by Crippen LogP contribution is 2.27. The molecule has 0 aliphatic heterocycles. The lowest BCUT2D eigenvalue weighted by Crippen LogP contribution is -2.56. The predicted octanol–water partition coefficient (Wildman–Crippen LogP) is 1.97. The van der Waals surface area contributed by atoms with Crippen molar-refractivity contribution in [1.82, 2.24) is 5.32 Å². The summed E-state index contributed by atoms with van der Waals surface area (Å²) in [5, 5.41) is 12.6. The Labute approximate surface area is 120 Å². The summed E-state index contributed by atoms with van der Waals surface area (Å²) in [5.74, 6) is -0.120. The van der Waals surface area contributed by atoms with Crippen molar-refractivity contribution in [3.05, 3.63) is 24.3 Å². The average molecular weight is 280 g/mol. The molecule has 1 aromatic rings. The van der Waals surface area contributed by atoms with Crippen molar-refractivity contribution in [2.24, 2.45) is 0 Å². The van der Waals surface area contributed by atoms with Gasteiger partial charge < -0.3 is 20.1 Å². The highest BCUT2D eigenvalue weighted by Gasteiger charge is 2.34. The van der Waals surface area contributed by atoms with E-state index < -0.39 is 11.5 Å². The quantitative estimate of drug-likeness (QED) is 0.762. The van der Waals surface area contributed by atoms with Gasteiger partial charge in [0, 0.05) is 13.6 Å². The number of rotatable bonds is 8. The van der Waals surface area contributed by atoms with Gasteiger partial charge in [-0.1, -0.05) is 19.1 Å². The lowest BCUT2D eigenvalue weighted by molar-refractivity contribution is -0.143. The van der Waals surface area contributed by atoms with E-state index in [0.29, 0.717) is 13.1 Å². The van der Waals surface area contributed by atoms with Crippen molar-refractivity contribution < 1.29 is 14.6 Å². The Balaban J connectivity index is 2.90. The molecule has 0 bridgehead atoms. The van der Waals surface area contributed by atoms with Gasteiger partial charge in [-0.2, -0.15) is 0 Å². The van der Waals surface area contributed by atoms with Gasteiger partial charge in [-0.3, -0.25) is 4.79 Å². The van der Waals surface area contributed by atoms with Crippen LogP contribution in [-0.2, 0) is 4.79 Å². The topological polar surface area (TPSA) is 61.8 Å². The SMILES string of the molecule is CCCNC(C)(CN(C)c1ccccc1OC)C(=O)O. The Hall–Kier alpha value is -1.75. The molecule has 0 amide bonds. The lowest BCUT2D eigenvalue weighted by Gasteiger charge is -2.32. The molecular formula is C15H24N2O3. The van der Waals surface area contributed by atoms with Crippen LogP contribution in [0.2, 0.25) is 0 Å². The number of aliphatic carboxylic acids is 1. The van der Waals surface area contributed by atoms with Crippen LogP contribution in [0, 0.1) is 0 Å². The van der Waals surface area contributed by atoms with Crippen LogP contribution in [0.4, 0.5) is 5.69 Å². The minimum Gasteiger partial charge on any atom is -0.495 e. The number of hydrogen-bond acceptors (Lipinski definition) is 4.